The van der Waals surface area contributed by atoms with E-state index in [-0.39, 0.29) is 16.2 Å². The van der Waals surface area contributed by atoms with Crippen LogP contribution in [0.1, 0.15) is 90.5 Å². The average Bonchev–Trinajstić information content (AvgIpc) is 2.56. The summed E-state index contributed by atoms with van der Waals surface area (Å²) in [5.41, 5.74) is 4.51. The van der Waals surface area contributed by atoms with Crippen molar-refractivity contribution >= 4 is 0 Å². The molecule has 2 rings (SSSR count). The summed E-state index contributed by atoms with van der Waals surface area (Å²) >= 11 is 0. The molecule has 2 aromatic carbocycles. The molecule has 0 heterocycles. The Morgan fingerprint density at radius 1 is 0.655 bits per heavy atom. The maximum absolute atomic E-state index is 10.4. The van der Waals surface area contributed by atoms with Crippen molar-refractivity contribution in [3.05, 3.63) is 58.7 Å². The summed E-state index contributed by atoms with van der Waals surface area (Å²) in [5, 5.41) is 20.9. The second kappa shape index (κ2) is 8.42. The zero-order valence-electron chi connectivity index (χ0n) is 19.7. The molecule has 2 nitrogen and oxygen atoms in total. The van der Waals surface area contributed by atoms with Crippen molar-refractivity contribution in [2.24, 2.45) is 10.8 Å². The Labute approximate surface area is 178 Å². The first-order chi connectivity index (χ1) is 13.2. The molecule has 0 unspecified atom stereocenters. The fourth-order valence-electron chi connectivity index (χ4n) is 4.24. The summed E-state index contributed by atoms with van der Waals surface area (Å²) in [6, 6.07) is 12.2. The van der Waals surface area contributed by atoms with Crippen LogP contribution in [0.3, 0.4) is 0 Å². The summed E-state index contributed by atoms with van der Waals surface area (Å²) in [5.74, 6) is 0.753. The topological polar surface area (TPSA) is 40.5 Å². The normalized spacial score (nSPS) is 13.0. The second-order valence-corrected chi connectivity index (χ2v) is 11.2. The fourth-order valence-corrected chi connectivity index (χ4v) is 4.24. The number of hydrogen-bond donors (Lipinski definition) is 2. The Kier molecular flexibility index (Phi) is 6.77. The number of aromatic hydroxyl groups is 2. The van der Waals surface area contributed by atoms with Gasteiger partial charge < -0.3 is 10.2 Å². The molecule has 0 aliphatic carbocycles. The van der Waals surface area contributed by atoms with Gasteiger partial charge in [0.05, 0.1) is 0 Å². The van der Waals surface area contributed by atoms with Gasteiger partial charge in [-0.3, -0.25) is 0 Å². The largest absolute Gasteiger partial charge is 0.508 e. The molecule has 0 radical (unpaired) electrons. The minimum atomic E-state index is -0.171. The van der Waals surface area contributed by atoms with E-state index in [1.807, 2.05) is 12.1 Å². The Morgan fingerprint density at radius 2 is 1.03 bits per heavy atom. The highest BCUT2D eigenvalue weighted by atomic mass is 16.3. The summed E-state index contributed by atoms with van der Waals surface area (Å²) < 4.78 is 0. The molecule has 0 amide bonds. The molecule has 0 spiro atoms. The SMILES string of the molecule is CCCC(C)(c1ccc(O)c(CC(C)(C)C)c1)c1ccc(O)c(CC(C)(C)C)c1. The molecular formula is C27H40O2. The maximum atomic E-state index is 10.4. The van der Waals surface area contributed by atoms with E-state index in [0.29, 0.717) is 11.5 Å². The molecule has 0 atom stereocenters. The van der Waals surface area contributed by atoms with Crippen LogP contribution in [0.5, 0.6) is 11.5 Å². The highest BCUT2D eigenvalue weighted by Crippen LogP contribution is 2.41. The van der Waals surface area contributed by atoms with Gasteiger partial charge in [-0.05, 0) is 64.5 Å². The lowest BCUT2D eigenvalue weighted by molar-refractivity contribution is 0.392. The van der Waals surface area contributed by atoms with Crippen molar-refractivity contribution in [1.82, 2.24) is 0 Å². The number of phenols is 2. The van der Waals surface area contributed by atoms with Crippen LogP contribution in [0.2, 0.25) is 0 Å². The molecule has 2 heteroatoms. The molecule has 0 saturated heterocycles. The van der Waals surface area contributed by atoms with Gasteiger partial charge >= 0.3 is 0 Å². The van der Waals surface area contributed by atoms with Gasteiger partial charge in [0.25, 0.3) is 0 Å². The van der Waals surface area contributed by atoms with Gasteiger partial charge in [0.2, 0.25) is 0 Å². The Bertz CT molecular complexity index is 769. The highest BCUT2D eigenvalue weighted by molar-refractivity contribution is 5.48. The van der Waals surface area contributed by atoms with Crippen molar-refractivity contribution in [2.75, 3.05) is 0 Å². The molecule has 0 aliphatic rings. The number of phenolic OH excluding ortho intramolecular Hbond substituents is 2. The first kappa shape index (κ1) is 23.3. The predicted octanol–water partition coefficient (Wildman–Crippen LogP) is 7.38. The Hall–Kier alpha value is -1.96. The Morgan fingerprint density at radius 3 is 1.34 bits per heavy atom. The predicted molar refractivity (Wildman–Crippen MR) is 124 cm³/mol. The lowest BCUT2D eigenvalue weighted by Crippen LogP contribution is -2.24. The van der Waals surface area contributed by atoms with Gasteiger partial charge in [-0.15, -0.1) is 0 Å². The van der Waals surface area contributed by atoms with Crippen LogP contribution in [0, 0.1) is 10.8 Å². The number of rotatable bonds is 6. The van der Waals surface area contributed by atoms with Gasteiger partial charge in [-0.1, -0.05) is 86.1 Å². The third kappa shape index (κ3) is 6.01. The van der Waals surface area contributed by atoms with Crippen LogP contribution in [0.15, 0.2) is 36.4 Å². The van der Waals surface area contributed by atoms with Crippen LogP contribution in [-0.2, 0) is 18.3 Å². The van der Waals surface area contributed by atoms with Crippen molar-refractivity contribution in [2.45, 2.75) is 86.5 Å². The standard InChI is InChI=1S/C27H40O2/c1-9-14-27(8,21-10-12-23(28)19(15-21)17-25(2,3)4)22-11-13-24(29)20(16-22)18-26(5,6)7/h10-13,15-16,28-29H,9,14,17-18H2,1-8H3. The quantitative estimate of drug-likeness (QED) is 0.534. The van der Waals surface area contributed by atoms with E-state index < -0.39 is 0 Å². The van der Waals surface area contributed by atoms with Crippen LogP contribution in [-0.4, -0.2) is 10.2 Å². The van der Waals surface area contributed by atoms with Crippen molar-refractivity contribution in [1.29, 1.82) is 0 Å². The number of benzene rings is 2. The molecule has 0 bridgehead atoms. The maximum Gasteiger partial charge on any atom is 0.118 e. The van der Waals surface area contributed by atoms with Crippen molar-refractivity contribution in [3.8, 4) is 11.5 Å². The smallest absolute Gasteiger partial charge is 0.118 e. The molecule has 2 aromatic rings. The minimum Gasteiger partial charge on any atom is -0.508 e. The van der Waals surface area contributed by atoms with Gasteiger partial charge in [-0.25, -0.2) is 0 Å². The summed E-state index contributed by atoms with van der Waals surface area (Å²) in [7, 11) is 0. The van der Waals surface area contributed by atoms with Crippen LogP contribution in [0.4, 0.5) is 0 Å². The second-order valence-electron chi connectivity index (χ2n) is 11.2. The fraction of sp³-hybridized carbons (Fsp3) is 0.556. The van der Waals surface area contributed by atoms with E-state index in [2.05, 4.69) is 79.7 Å². The monoisotopic (exact) mass is 396 g/mol. The molecule has 160 valence electrons. The van der Waals surface area contributed by atoms with Crippen LogP contribution in [0.25, 0.3) is 0 Å². The van der Waals surface area contributed by atoms with E-state index in [4.69, 9.17) is 0 Å². The third-order valence-electron chi connectivity index (χ3n) is 5.62. The Balaban J connectivity index is 2.57. The summed E-state index contributed by atoms with van der Waals surface area (Å²) in [4.78, 5) is 0. The summed E-state index contributed by atoms with van der Waals surface area (Å²) in [6.45, 7) is 17.7. The first-order valence-corrected chi connectivity index (χ1v) is 10.9. The minimum absolute atomic E-state index is 0.107. The molecular weight excluding hydrogens is 356 g/mol. The zero-order valence-corrected chi connectivity index (χ0v) is 19.7. The lowest BCUT2D eigenvalue weighted by atomic mass is 9.71. The molecule has 0 aliphatic heterocycles. The van der Waals surface area contributed by atoms with Crippen molar-refractivity contribution < 1.29 is 10.2 Å². The molecule has 2 N–H and O–H groups in total. The van der Waals surface area contributed by atoms with E-state index in [0.717, 1.165) is 36.8 Å². The van der Waals surface area contributed by atoms with E-state index in [1.165, 1.54) is 11.1 Å². The molecule has 29 heavy (non-hydrogen) atoms. The van der Waals surface area contributed by atoms with E-state index >= 15 is 0 Å². The lowest BCUT2D eigenvalue weighted by Gasteiger charge is -2.33. The zero-order chi connectivity index (χ0) is 22.0. The first-order valence-electron chi connectivity index (χ1n) is 10.9. The van der Waals surface area contributed by atoms with Gasteiger partial charge in [0, 0.05) is 5.41 Å². The third-order valence-corrected chi connectivity index (χ3v) is 5.62. The molecule has 0 saturated carbocycles. The molecule has 0 fully saturated rings. The van der Waals surface area contributed by atoms with E-state index in [1.54, 1.807) is 0 Å². The molecule has 0 aromatic heterocycles. The highest BCUT2D eigenvalue weighted by Gasteiger charge is 2.30. The number of hydrogen-bond acceptors (Lipinski definition) is 2. The van der Waals surface area contributed by atoms with Gasteiger partial charge in [0.15, 0.2) is 0 Å². The van der Waals surface area contributed by atoms with Gasteiger partial charge in [0.1, 0.15) is 11.5 Å². The van der Waals surface area contributed by atoms with Crippen LogP contribution >= 0.6 is 0 Å². The average molecular weight is 397 g/mol. The summed E-state index contributed by atoms with van der Waals surface area (Å²) in [6.07, 6.45) is 3.73. The van der Waals surface area contributed by atoms with E-state index in [9.17, 15) is 10.2 Å². The van der Waals surface area contributed by atoms with Crippen molar-refractivity contribution in [3.63, 3.8) is 0 Å². The van der Waals surface area contributed by atoms with Crippen LogP contribution < -0.4 is 0 Å². The van der Waals surface area contributed by atoms with Gasteiger partial charge in [-0.2, -0.15) is 0 Å².